The molecule has 3 heterocycles. The lowest BCUT2D eigenvalue weighted by Crippen LogP contribution is -2.12. The van der Waals surface area contributed by atoms with Gasteiger partial charge in [0.15, 0.2) is 5.82 Å². The molecule has 0 fully saturated rings. The quantitative estimate of drug-likeness (QED) is 0.252. The summed E-state index contributed by atoms with van der Waals surface area (Å²) in [6, 6.07) is 34.5. The van der Waals surface area contributed by atoms with Gasteiger partial charge in [-0.1, -0.05) is 90.1 Å². The normalized spacial score (nSPS) is 11.8. The Bertz CT molecular complexity index is 1850. The van der Waals surface area contributed by atoms with Gasteiger partial charge in [0.1, 0.15) is 17.4 Å². The highest BCUT2D eigenvalue weighted by atomic mass is 35.5. The zero-order chi connectivity index (χ0) is 25.3. The molecule has 3 aromatic heterocycles. The third-order valence-corrected chi connectivity index (χ3v) is 6.68. The highest BCUT2D eigenvalue weighted by Gasteiger charge is 2.21. The van der Waals surface area contributed by atoms with Gasteiger partial charge in [-0.25, -0.2) is 4.98 Å². The van der Waals surface area contributed by atoms with Crippen LogP contribution in [0.5, 0.6) is 0 Å². The summed E-state index contributed by atoms with van der Waals surface area (Å²) in [5.41, 5.74) is 6.55. The van der Waals surface area contributed by atoms with Crippen LogP contribution in [0.4, 0.5) is 11.5 Å². The predicted octanol–water partition coefficient (Wildman–Crippen LogP) is 6.57. The summed E-state index contributed by atoms with van der Waals surface area (Å²) in [6.45, 7) is 0. The van der Waals surface area contributed by atoms with Gasteiger partial charge in [-0.15, -0.1) is 27.7 Å². The zero-order valence-corrected chi connectivity index (χ0v) is 21.5. The molecular weight excluding hydrogens is 508 g/mol. The molecule has 0 radical (unpaired) electrons. The van der Waals surface area contributed by atoms with Crippen LogP contribution in [0.25, 0.3) is 33.1 Å². The number of imidazole rings is 1. The fraction of sp³-hybridized carbons (Fsp3) is 0.0333. The second-order valence-electron chi connectivity index (χ2n) is 9.00. The van der Waals surface area contributed by atoms with Gasteiger partial charge in [-0.2, -0.15) is 0 Å². The van der Waals surface area contributed by atoms with E-state index < -0.39 is 0 Å². The standard InChI is InChI=1S/C30H22N8.ClH/c1-3-9-20(10-4-1)28-23-13-7-8-14-24(23)30(36-35-28)33-22-15-16-27-25(17-22)31-19-38(27)29(26-18-32-37-34-26)21-11-5-2-6-12-21;/h1-19,29H,(H,33,36)(H,32,34,37);1H. The smallest absolute Gasteiger partial charge is 0.161 e. The van der Waals surface area contributed by atoms with Crippen molar-refractivity contribution in [3.63, 3.8) is 0 Å². The van der Waals surface area contributed by atoms with Gasteiger partial charge in [-0.05, 0) is 23.8 Å². The van der Waals surface area contributed by atoms with Gasteiger partial charge < -0.3 is 9.88 Å². The first-order valence-corrected chi connectivity index (χ1v) is 12.3. The van der Waals surface area contributed by atoms with Crippen molar-refractivity contribution in [2.75, 3.05) is 5.32 Å². The molecule has 8 nitrogen and oxygen atoms in total. The Labute approximate surface area is 230 Å². The average Bonchev–Trinajstić information content (AvgIpc) is 3.66. The minimum atomic E-state index is -0.154. The first-order valence-electron chi connectivity index (χ1n) is 12.3. The molecule has 0 amide bonds. The third kappa shape index (κ3) is 4.47. The molecule has 0 aliphatic heterocycles. The molecule has 7 aromatic rings. The van der Waals surface area contributed by atoms with Crippen molar-refractivity contribution in [3.8, 4) is 11.3 Å². The second-order valence-corrected chi connectivity index (χ2v) is 9.00. The van der Waals surface area contributed by atoms with Crippen LogP contribution in [-0.2, 0) is 0 Å². The van der Waals surface area contributed by atoms with Crippen molar-refractivity contribution in [1.29, 1.82) is 0 Å². The fourth-order valence-corrected chi connectivity index (χ4v) is 4.91. The lowest BCUT2D eigenvalue weighted by molar-refractivity contribution is 0.672. The predicted molar refractivity (Wildman–Crippen MR) is 155 cm³/mol. The number of aromatic amines is 1. The van der Waals surface area contributed by atoms with Crippen molar-refractivity contribution >= 4 is 45.7 Å². The second kappa shape index (κ2) is 10.4. The Balaban J connectivity index is 0.00000277. The van der Waals surface area contributed by atoms with Crippen LogP contribution < -0.4 is 5.32 Å². The summed E-state index contributed by atoms with van der Waals surface area (Å²) in [7, 11) is 0. The van der Waals surface area contributed by atoms with E-state index in [4.69, 9.17) is 4.98 Å². The number of anilines is 2. The molecule has 9 heteroatoms. The summed E-state index contributed by atoms with van der Waals surface area (Å²) < 4.78 is 2.12. The lowest BCUT2D eigenvalue weighted by Gasteiger charge is -2.18. The Morgan fingerprint density at radius 3 is 2.26 bits per heavy atom. The van der Waals surface area contributed by atoms with Gasteiger partial charge in [0.05, 0.1) is 17.4 Å². The molecule has 2 N–H and O–H groups in total. The van der Waals surface area contributed by atoms with E-state index in [1.54, 1.807) is 0 Å². The van der Waals surface area contributed by atoms with Crippen molar-refractivity contribution in [2.45, 2.75) is 6.04 Å². The molecule has 0 aliphatic rings. The Hall–Kier alpha value is -5.08. The van der Waals surface area contributed by atoms with Crippen molar-refractivity contribution in [2.24, 2.45) is 0 Å². The Kier molecular flexibility index (Phi) is 6.44. The maximum atomic E-state index is 4.72. The molecule has 0 saturated carbocycles. The van der Waals surface area contributed by atoms with Crippen LogP contribution in [0.1, 0.15) is 17.3 Å². The number of nitrogens with zero attached hydrogens (tertiary/aromatic N) is 6. The summed E-state index contributed by atoms with van der Waals surface area (Å²) in [5, 5.41) is 25.7. The Morgan fingerprint density at radius 1 is 0.744 bits per heavy atom. The zero-order valence-electron chi connectivity index (χ0n) is 20.6. The van der Waals surface area contributed by atoms with E-state index >= 15 is 0 Å². The number of halogens is 1. The molecule has 0 aliphatic carbocycles. The molecule has 0 saturated heterocycles. The first-order chi connectivity index (χ1) is 18.8. The SMILES string of the molecule is Cl.c1ccc(-c2nnc(Nc3ccc4c(c3)ncn4C(c3ccccc3)c3c[nH]nn3)c3ccccc23)cc1. The van der Waals surface area contributed by atoms with Gasteiger partial charge in [0.2, 0.25) is 0 Å². The van der Waals surface area contributed by atoms with Gasteiger partial charge in [0, 0.05) is 28.2 Å². The highest BCUT2D eigenvalue weighted by Crippen LogP contribution is 2.33. The number of fused-ring (bicyclic) bond motifs is 2. The van der Waals surface area contributed by atoms with E-state index in [0.29, 0.717) is 5.82 Å². The van der Waals surface area contributed by atoms with Gasteiger partial charge in [0.25, 0.3) is 0 Å². The summed E-state index contributed by atoms with van der Waals surface area (Å²) >= 11 is 0. The highest BCUT2D eigenvalue weighted by molar-refractivity contribution is 6.01. The van der Waals surface area contributed by atoms with E-state index in [2.05, 4.69) is 78.0 Å². The van der Waals surface area contributed by atoms with E-state index in [0.717, 1.165) is 50.0 Å². The molecule has 0 bridgehead atoms. The van der Waals surface area contributed by atoms with Crippen LogP contribution in [0.15, 0.2) is 116 Å². The molecule has 4 aromatic carbocycles. The fourth-order valence-electron chi connectivity index (χ4n) is 4.91. The van der Waals surface area contributed by atoms with Crippen LogP contribution >= 0.6 is 12.4 Å². The first kappa shape index (κ1) is 24.3. The summed E-state index contributed by atoms with van der Waals surface area (Å²) in [5.74, 6) is 0.698. The monoisotopic (exact) mass is 530 g/mol. The van der Waals surface area contributed by atoms with Crippen LogP contribution in [0.2, 0.25) is 0 Å². The topological polar surface area (TPSA) is 97.2 Å². The number of H-pyrrole nitrogens is 1. The number of aromatic nitrogens is 7. The van der Waals surface area contributed by atoms with Crippen LogP contribution in [0, 0.1) is 0 Å². The van der Waals surface area contributed by atoms with Crippen LogP contribution in [0.3, 0.4) is 0 Å². The number of rotatable bonds is 6. The Morgan fingerprint density at radius 2 is 1.49 bits per heavy atom. The average molecular weight is 531 g/mol. The minimum absolute atomic E-state index is 0. The minimum Gasteiger partial charge on any atom is -0.338 e. The number of hydrogen-bond donors (Lipinski definition) is 2. The summed E-state index contributed by atoms with van der Waals surface area (Å²) in [6.07, 6.45) is 3.67. The lowest BCUT2D eigenvalue weighted by atomic mass is 10.0. The van der Waals surface area contributed by atoms with Gasteiger partial charge >= 0.3 is 0 Å². The maximum Gasteiger partial charge on any atom is 0.161 e. The van der Waals surface area contributed by atoms with Crippen LogP contribution in [-0.4, -0.2) is 35.2 Å². The molecule has 1 atom stereocenters. The number of nitrogens with one attached hydrogen (secondary N) is 2. The molecular formula is C30H23ClN8. The van der Waals surface area contributed by atoms with Crippen molar-refractivity contribution in [3.05, 3.63) is 127 Å². The molecule has 7 rings (SSSR count). The maximum absolute atomic E-state index is 4.72. The van der Waals surface area contributed by atoms with E-state index in [1.165, 1.54) is 0 Å². The van der Waals surface area contributed by atoms with E-state index in [9.17, 15) is 0 Å². The summed E-state index contributed by atoms with van der Waals surface area (Å²) in [4.78, 5) is 4.72. The molecule has 0 spiro atoms. The number of hydrogen-bond acceptors (Lipinski definition) is 6. The molecule has 190 valence electrons. The largest absolute Gasteiger partial charge is 0.338 e. The third-order valence-electron chi connectivity index (χ3n) is 6.68. The van der Waals surface area contributed by atoms with Crippen molar-refractivity contribution in [1.82, 2.24) is 35.2 Å². The van der Waals surface area contributed by atoms with Crippen molar-refractivity contribution < 1.29 is 0 Å². The van der Waals surface area contributed by atoms with Gasteiger partial charge in [-0.3, -0.25) is 5.10 Å². The van der Waals surface area contributed by atoms with E-state index in [1.807, 2.05) is 73.2 Å². The molecule has 1 unspecified atom stereocenters. The van der Waals surface area contributed by atoms with E-state index in [-0.39, 0.29) is 18.4 Å². The number of benzene rings is 4. The molecule has 39 heavy (non-hydrogen) atoms.